The van der Waals surface area contributed by atoms with Crippen molar-refractivity contribution in [2.75, 3.05) is 13.2 Å². The first kappa shape index (κ1) is 20.0. The van der Waals surface area contributed by atoms with Crippen LogP contribution >= 0.6 is 11.6 Å². The van der Waals surface area contributed by atoms with Crippen molar-refractivity contribution in [1.29, 1.82) is 0 Å². The molecule has 2 nitrogen and oxygen atoms in total. The molecule has 0 spiro atoms. The second-order valence-corrected chi connectivity index (χ2v) is 9.10. The molecule has 2 fully saturated rings. The third-order valence-electron chi connectivity index (χ3n) is 6.32. The van der Waals surface area contributed by atoms with Crippen LogP contribution in [0.4, 0.5) is 0 Å². The fraction of sp³-hybridized carbons (Fsp3) is 0.739. The number of benzene rings is 1. The van der Waals surface area contributed by atoms with Crippen LogP contribution in [0.25, 0.3) is 0 Å². The van der Waals surface area contributed by atoms with Gasteiger partial charge in [0.25, 0.3) is 0 Å². The van der Waals surface area contributed by atoms with Gasteiger partial charge in [0, 0.05) is 0 Å². The van der Waals surface area contributed by atoms with Crippen LogP contribution in [0.3, 0.4) is 0 Å². The zero-order valence-corrected chi connectivity index (χ0v) is 17.1. The molecule has 0 radical (unpaired) electrons. The van der Waals surface area contributed by atoms with E-state index >= 15 is 0 Å². The lowest BCUT2D eigenvalue weighted by atomic mass is 9.74. The third-order valence-corrected chi connectivity index (χ3v) is 6.60. The lowest BCUT2D eigenvalue weighted by Gasteiger charge is -2.35. The Labute approximate surface area is 164 Å². The number of ether oxygens (including phenoxy) is 2. The molecule has 2 aliphatic rings. The quantitative estimate of drug-likeness (QED) is 0.356. The molecule has 0 heterocycles. The molecule has 3 rings (SSSR count). The van der Waals surface area contributed by atoms with Gasteiger partial charge in [-0.2, -0.15) is 0 Å². The largest absolute Gasteiger partial charge is 0.491 e. The molecule has 0 aromatic heterocycles. The Bertz CT molecular complexity index is 516. The van der Waals surface area contributed by atoms with E-state index in [0.29, 0.717) is 18.6 Å². The monoisotopic (exact) mass is 378 g/mol. The van der Waals surface area contributed by atoms with E-state index in [9.17, 15) is 0 Å². The van der Waals surface area contributed by atoms with Gasteiger partial charge in [0.05, 0.1) is 6.61 Å². The highest BCUT2D eigenvalue weighted by Crippen LogP contribution is 2.40. The predicted octanol–water partition coefficient (Wildman–Crippen LogP) is 7.06. The lowest BCUT2D eigenvalue weighted by Crippen LogP contribution is -2.26. The zero-order chi connectivity index (χ0) is 18.2. The van der Waals surface area contributed by atoms with E-state index in [-0.39, 0.29) is 5.56 Å². The van der Waals surface area contributed by atoms with E-state index in [4.69, 9.17) is 21.1 Å². The summed E-state index contributed by atoms with van der Waals surface area (Å²) in [4.78, 5) is 0. The summed E-state index contributed by atoms with van der Waals surface area (Å²) in [5, 5.41) is 0. The molecule has 0 N–H and O–H groups in total. The maximum absolute atomic E-state index is 6.41. The summed E-state index contributed by atoms with van der Waals surface area (Å²) in [6.07, 6.45) is 14.4. The van der Waals surface area contributed by atoms with Crippen molar-refractivity contribution in [3.05, 3.63) is 29.8 Å². The van der Waals surface area contributed by atoms with E-state index < -0.39 is 0 Å². The van der Waals surface area contributed by atoms with Crippen molar-refractivity contribution in [1.82, 2.24) is 0 Å². The molecular weight excluding hydrogens is 344 g/mol. The molecule has 146 valence electrons. The van der Waals surface area contributed by atoms with Gasteiger partial charge < -0.3 is 9.47 Å². The molecule has 0 saturated heterocycles. The second kappa shape index (κ2) is 9.99. The highest BCUT2D eigenvalue weighted by molar-refractivity contribution is 6.19. The topological polar surface area (TPSA) is 18.5 Å². The van der Waals surface area contributed by atoms with E-state index in [2.05, 4.69) is 31.2 Å². The first-order chi connectivity index (χ1) is 12.6. The van der Waals surface area contributed by atoms with Gasteiger partial charge in [-0.05, 0) is 61.1 Å². The Morgan fingerprint density at radius 1 is 0.962 bits per heavy atom. The van der Waals surface area contributed by atoms with Gasteiger partial charge in [-0.25, -0.2) is 0 Å². The van der Waals surface area contributed by atoms with Crippen molar-refractivity contribution in [2.45, 2.75) is 89.0 Å². The standard InChI is InChI=1S/C23H35ClO2/c1-23(14-6-3-7-15-23)18-22(24)26-17-16-25-21-12-10-20(11-13-21)19-8-4-2-5-9-19/h10-13,19,22H,2-9,14-18H2,1H3. The Morgan fingerprint density at radius 2 is 1.62 bits per heavy atom. The van der Waals surface area contributed by atoms with Crippen LogP contribution in [0.15, 0.2) is 24.3 Å². The summed E-state index contributed by atoms with van der Waals surface area (Å²) < 4.78 is 11.6. The van der Waals surface area contributed by atoms with Crippen molar-refractivity contribution < 1.29 is 9.47 Å². The van der Waals surface area contributed by atoms with Gasteiger partial charge >= 0.3 is 0 Å². The number of rotatable bonds is 8. The Hall–Kier alpha value is -0.730. The van der Waals surface area contributed by atoms with Crippen LogP contribution in [0.1, 0.15) is 89.0 Å². The van der Waals surface area contributed by atoms with Crippen molar-refractivity contribution >= 4 is 11.6 Å². The van der Waals surface area contributed by atoms with Gasteiger partial charge in [-0.1, -0.05) is 69.2 Å². The van der Waals surface area contributed by atoms with Crippen LogP contribution < -0.4 is 4.74 Å². The number of hydrogen-bond acceptors (Lipinski definition) is 2. The number of alkyl halides is 1. The van der Waals surface area contributed by atoms with Gasteiger partial charge in [0.1, 0.15) is 17.9 Å². The van der Waals surface area contributed by atoms with Gasteiger partial charge in [0.15, 0.2) is 0 Å². The van der Waals surface area contributed by atoms with Crippen LogP contribution in [-0.2, 0) is 4.74 Å². The normalized spacial score (nSPS) is 22.1. The number of halogens is 1. The fourth-order valence-electron chi connectivity index (χ4n) is 4.66. The van der Waals surface area contributed by atoms with Crippen LogP contribution in [-0.4, -0.2) is 18.8 Å². The SMILES string of the molecule is CC1(CC(Cl)OCCOc2ccc(C3CCCCC3)cc2)CCCCC1. The van der Waals surface area contributed by atoms with E-state index in [1.165, 1.54) is 69.8 Å². The molecule has 0 bridgehead atoms. The molecule has 0 amide bonds. The summed E-state index contributed by atoms with van der Waals surface area (Å²) in [5.41, 5.74) is 1.63. The second-order valence-electron chi connectivity index (χ2n) is 8.61. The molecule has 2 aliphatic carbocycles. The van der Waals surface area contributed by atoms with Gasteiger partial charge in [-0.3, -0.25) is 0 Å². The minimum absolute atomic E-state index is 0.199. The summed E-state index contributed by atoms with van der Waals surface area (Å²) in [5.74, 6) is 1.68. The minimum atomic E-state index is -0.199. The Balaban J connectivity index is 1.34. The molecular formula is C23H35ClO2. The molecule has 3 heteroatoms. The highest BCUT2D eigenvalue weighted by atomic mass is 35.5. The molecule has 1 atom stereocenters. The summed E-state index contributed by atoms with van der Waals surface area (Å²) in [6.45, 7) is 3.46. The van der Waals surface area contributed by atoms with Crippen LogP contribution in [0.2, 0.25) is 0 Å². The maximum Gasteiger partial charge on any atom is 0.131 e. The molecule has 1 aromatic carbocycles. The van der Waals surface area contributed by atoms with Crippen LogP contribution in [0, 0.1) is 5.41 Å². The summed E-state index contributed by atoms with van der Waals surface area (Å²) in [7, 11) is 0. The first-order valence-electron chi connectivity index (χ1n) is 10.6. The fourth-order valence-corrected chi connectivity index (χ4v) is 5.13. The zero-order valence-electron chi connectivity index (χ0n) is 16.4. The summed E-state index contributed by atoms with van der Waals surface area (Å²) in [6, 6.07) is 8.68. The predicted molar refractivity (Wildman–Crippen MR) is 109 cm³/mol. The van der Waals surface area contributed by atoms with Gasteiger partial charge in [-0.15, -0.1) is 0 Å². The maximum atomic E-state index is 6.41. The summed E-state index contributed by atoms with van der Waals surface area (Å²) >= 11 is 6.41. The molecule has 26 heavy (non-hydrogen) atoms. The van der Waals surface area contributed by atoms with E-state index in [0.717, 1.165) is 18.1 Å². The average Bonchev–Trinajstić information content (AvgIpc) is 2.67. The molecule has 0 aliphatic heterocycles. The number of hydrogen-bond donors (Lipinski definition) is 0. The van der Waals surface area contributed by atoms with Crippen molar-refractivity contribution in [2.24, 2.45) is 5.41 Å². The van der Waals surface area contributed by atoms with Crippen molar-refractivity contribution in [3.8, 4) is 5.75 Å². The lowest BCUT2D eigenvalue weighted by molar-refractivity contribution is 0.0408. The smallest absolute Gasteiger partial charge is 0.131 e. The average molecular weight is 379 g/mol. The van der Waals surface area contributed by atoms with Crippen LogP contribution in [0.5, 0.6) is 5.75 Å². The minimum Gasteiger partial charge on any atom is -0.491 e. The molecule has 1 aromatic rings. The third kappa shape index (κ3) is 6.16. The van der Waals surface area contributed by atoms with E-state index in [1.807, 2.05) is 0 Å². The Morgan fingerprint density at radius 3 is 2.31 bits per heavy atom. The van der Waals surface area contributed by atoms with Crippen molar-refractivity contribution in [3.63, 3.8) is 0 Å². The molecule has 2 saturated carbocycles. The molecule has 1 unspecified atom stereocenters. The first-order valence-corrected chi connectivity index (χ1v) is 11.1. The Kier molecular flexibility index (Phi) is 7.69. The van der Waals surface area contributed by atoms with E-state index in [1.54, 1.807) is 0 Å². The highest BCUT2D eigenvalue weighted by Gasteiger charge is 2.29. The van der Waals surface area contributed by atoms with Gasteiger partial charge in [0.2, 0.25) is 0 Å².